The minimum Gasteiger partial charge on any atom is -0.344 e. The number of benzene rings is 1. The van der Waals surface area contributed by atoms with Crippen LogP contribution in [0.5, 0.6) is 0 Å². The van der Waals surface area contributed by atoms with Gasteiger partial charge in [0.1, 0.15) is 6.33 Å². The first-order valence-electron chi connectivity index (χ1n) is 7.17. The zero-order valence-electron chi connectivity index (χ0n) is 13.3. The molecule has 0 fully saturated rings. The summed E-state index contributed by atoms with van der Waals surface area (Å²) in [6.07, 6.45) is 6.69. The van der Waals surface area contributed by atoms with Crippen LogP contribution in [0.15, 0.2) is 35.7 Å². The summed E-state index contributed by atoms with van der Waals surface area (Å²) in [5.74, 6) is 2.05. The number of carbonyl (C=O) groups is 2. The van der Waals surface area contributed by atoms with Crippen LogP contribution in [0, 0.1) is 12.3 Å². The Labute approximate surface area is 144 Å². The van der Waals surface area contributed by atoms with Crippen molar-refractivity contribution >= 4 is 29.3 Å². The number of nitrogens with one attached hydrogen (secondary N) is 2. The quantitative estimate of drug-likeness (QED) is 0.612. The highest BCUT2D eigenvalue weighted by atomic mass is 32.2. The second-order valence-electron chi connectivity index (χ2n) is 4.90. The number of terminal acetylenes is 1. The molecule has 1 unspecified atom stereocenters. The maximum Gasteiger partial charge on any atom is 0.234 e. The van der Waals surface area contributed by atoms with E-state index in [4.69, 9.17) is 6.42 Å². The Morgan fingerprint density at radius 3 is 2.96 bits per heavy atom. The minimum absolute atomic E-state index is 0.149. The molecule has 124 valence electrons. The smallest absolute Gasteiger partial charge is 0.234 e. The molecule has 7 nitrogen and oxygen atoms in total. The SMILES string of the molecule is C#CCNC(=O)C(C)Sc1nncn1-c1cccc(NC(C)=O)c1. The van der Waals surface area contributed by atoms with Crippen LogP contribution in [0.4, 0.5) is 5.69 Å². The average molecular weight is 343 g/mol. The van der Waals surface area contributed by atoms with Crippen LogP contribution in [0.3, 0.4) is 0 Å². The second-order valence-corrected chi connectivity index (χ2v) is 6.20. The van der Waals surface area contributed by atoms with E-state index < -0.39 is 0 Å². The third kappa shape index (κ3) is 4.60. The third-order valence-corrected chi connectivity index (χ3v) is 4.03. The lowest BCUT2D eigenvalue weighted by Gasteiger charge is -2.12. The molecule has 2 aromatic rings. The first-order valence-corrected chi connectivity index (χ1v) is 8.05. The summed E-state index contributed by atoms with van der Waals surface area (Å²) in [6.45, 7) is 3.40. The van der Waals surface area contributed by atoms with E-state index in [9.17, 15) is 9.59 Å². The maximum atomic E-state index is 11.9. The first-order chi connectivity index (χ1) is 11.5. The summed E-state index contributed by atoms with van der Waals surface area (Å²) in [6, 6.07) is 7.27. The van der Waals surface area contributed by atoms with Gasteiger partial charge in [-0.2, -0.15) is 0 Å². The molecule has 0 spiro atoms. The van der Waals surface area contributed by atoms with Crippen molar-refractivity contribution in [2.24, 2.45) is 0 Å². The van der Waals surface area contributed by atoms with Gasteiger partial charge in [-0.1, -0.05) is 23.7 Å². The van der Waals surface area contributed by atoms with Crippen LogP contribution in [0.1, 0.15) is 13.8 Å². The highest BCUT2D eigenvalue weighted by Gasteiger charge is 2.18. The fraction of sp³-hybridized carbons (Fsp3) is 0.250. The number of nitrogens with zero attached hydrogens (tertiary/aromatic N) is 3. The third-order valence-electron chi connectivity index (χ3n) is 2.98. The maximum absolute atomic E-state index is 11.9. The molecule has 0 bridgehead atoms. The molecule has 0 saturated heterocycles. The fourth-order valence-corrected chi connectivity index (χ4v) is 2.78. The lowest BCUT2D eigenvalue weighted by atomic mass is 10.2. The van der Waals surface area contributed by atoms with Crippen molar-refractivity contribution in [2.45, 2.75) is 24.3 Å². The Kier molecular flexibility index (Phi) is 5.98. The number of amides is 2. The predicted molar refractivity (Wildman–Crippen MR) is 92.8 cm³/mol. The molecule has 1 heterocycles. The summed E-state index contributed by atoms with van der Waals surface area (Å²) in [4.78, 5) is 23.1. The van der Waals surface area contributed by atoms with Gasteiger partial charge in [-0.3, -0.25) is 14.2 Å². The summed E-state index contributed by atoms with van der Waals surface area (Å²) < 4.78 is 1.75. The fourth-order valence-electron chi connectivity index (χ4n) is 1.91. The zero-order valence-corrected chi connectivity index (χ0v) is 14.1. The van der Waals surface area contributed by atoms with Gasteiger partial charge in [0.2, 0.25) is 11.8 Å². The Bertz CT molecular complexity index is 781. The Balaban J connectivity index is 2.17. The van der Waals surface area contributed by atoms with Crippen molar-refractivity contribution in [3.8, 4) is 18.0 Å². The number of hydrogen-bond acceptors (Lipinski definition) is 5. The molecule has 2 N–H and O–H groups in total. The first kappa shape index (κ1) is 17.6. The van der Waals surface area contributed by atoms with Gasteiger partial charge in [-0.15, -0.1) is 16.6 Å². The van der Waals surface area contributed by atoms with Crippen molar-refractivity contribution in [1.82, 2.24) is 20.1 Å². The Morgan fingerprint density at radius 1 is 1.46 bits per heavy atom. The molecule has 24 heavy (non-hydrogen) atoms. The van der Waals surface area contributed by atoms with E-state index >= 15 is 0 Å². The number of thioether (sulfide) groups is 1. The molecule has 0 aliphatic heterocycles. The van der Waals surface area contributed by atoms with Crippen LogP contribution in [-0.2, 0) is 9.59 Å². The lowest BCUT2D eigenvalue weighted by molar-refractivity contribution is -0.120. The van der Waals surface area contributed by atoms with Gasteiger partial charge >= 0.3 is 0 Å². The summed E-state index contributed by atoms with van der Waals surface area (Å²) in [5.41, 5.74) is 1.45. The second kappa shape index (κ2) is 8.17. The van der Waals surface area contributed by atoms with Crippen LogP contribution in [-0.4, -0.2) is 38.4 Å². The van der Waals surface area contributed by atoms with Gasteiger partial charge in [0, 0.05) is 12.6 Å². The molecule has 1 atom stereocenters. The van der Waals surface area contributed by atoms with Crippen molar-refractivity contribution < 1.29 is 9.59 Å². The number of anilines is 1. The van der Waals surface area contributed by atoms with Crippen molar-refractivity contribution in [1.29, 1.82) is 0 Å². The Morgan fingerprint density at radius 2 is 2.25 bits per heavy atom. The van der Waals surface area contributed by atoms with Crippen LogP contribution >= 0.6 is 11.8 Å². The lowest BCUT2D eigenvalue weighted by Crippen LogP contribution is -2.31. The molecular weight excluding hydrogens is 326 g/mol. The van der Waals surface area contributed by atoms with Gasteiger partial charge in [0.15, 0.2) is 5.16 Å². The topological polar surface area (TPSA) is 88.9 Å². The molecule has 8 heteroatoms. The molecule has 0 aliphatic rings. The largest absolute Gasteiger partial charge is 0.344 e. The van der Waals surface area contributed by atoms with Gasteiger partial charge in [-0.25, -0.2) is 0 Å². The zero-order chi connectivity index (χ0) is 17.5. The van der Waals surface area contributed by atoms with Crippen LogP contribution in [0.25, 0.3) is 5.69 Å². The summed E-state index contributed by atoms with van der Waals surface area (Å²) in [5, 5.41) is 13.5. The van der Waals surface area contributed by atoms with Gasteiger partial charge in [0.05, 0.1) is 17.5 Å². The normalized spacial score (nSPS) is 11.4. The molecule has 1 aromatic heterocycles. The van der Waals surface area contributed by atoms with E-state index in [-0.39, 0.29) is 23.6 Å². The molecule has 2 amide bonds. The Hall–Kier alpha value is -2.79. The summed E-state index contributed by atoms with van der Waals surface area (Å²) >= 11 is 1.27. The van der Waals surface area contributed by atoms with E-state index in [1.54, 1.807) is 30.0 Å². The average Bonchev–Trinajstić information content (AvgIpc) is 3.00. The monoisotopic (exact) mass is 343 g/mol. The van der Waals surface area contributed by atoms with Crippen LogP contribution < -0.4 is 10.6 Å². The van der Waals surface area contributed by atoms with E-state index in [0.29, 0.717) is 10.8 Å². The minimum atomic E-state index is -0.375. The molecule has 0 saturated carbocycles. The van der Waals surface area contributed by atoms with Crippen molar-refractivity contribution in [2.75, 3.05) is 11.9 Å². The standard InChI is InChI=1S/C16H17N5O2S/c1-4-8-17-15(23)11(2)24-16-20-18-10-21(16)14-7-5-6-13(9-14)19-12(3)22/h1,5-7,9-11H,8H2,2-3H3,(H,17,23)(H,19,22). The highest BCUT2D eigenvalue weighted by molar-refractivity contribution is 8.00. The summed E-state index contributed by atoms with van der Waals surface area (Å²) in [7, 11) is 0. The molecular formula is C16H17N5O2S. The molecule has 0 aliphatic carbocycles. The molecule has 0 radical (unpaired) electrons. The van der Waals surface area contributed by atoms with E-state index in [2.05, 4.69) is 26.8 Å². The van der Waals surface area contributed by atoms with E-state index in [1.165, 1.54) is 18.7 Å². The molecule has 1 aromatic carbocycles. The van der Waals surface area contributed by atoms with Gasteiger partial charge in [0.25, 0.3) is 0 Å². The van der Waals surface area contributed by atoms with Crippen LogP contribution in [0.2, 0.25) is 0 Å². The van der Waals surface area contributed by atoms with Crippen molar-refractivity contribution in [3.05, 3.63) is 30.6 Å². The van der Waals surface area contributed by atoms with E-state index in [0.717, 1.165) is 5.69 Å². The highest BCUT2D eigenvalue weighted by Crippen LogP contribution is 2.25. The van der Waals surface area contributed by atoms with Gasteiger partial charge < -0.3 is 10.6 Å². The predicted octanol–water partition coefficient (Wildman–Crippen LogP) is 1.46. The number of aromatic nitrogens is 3. The molecule has 2 rings (SSSR count). The van der Waals surface area contributed by atoms with E-state index in [1.807, 2.05) is 12.1 Å². The number of rotatable bonds is 6. The van der Waals surface area contributed by atoms with Crippen molar-refractivity contribution in [3.63, 3.8) is 0 Å². The number of hydrogen-bond donors (Lipinski definition) is 2. The van der Waals surface area contributed by atoms with Gasteiger partial charge in [-0.05, 0) is 25.1 Å². The number of carbonyl (C=O) groups excluding carboxylic acids is 2.